The van der Waals surface area contributed by atoms with Crippen LogP contribution in [-0.4, -0.2) is 41.6 Å². The third-order valence-corrected chi connectivity index (χ3v) is 8.60. The molecular weight excluding hydrogens is 514 g/mol. The van der Waals surface area contributed by atoms with Crippen LogP contribution in [0.15, 0.2) is 42.6 Å². The summed E-state index contributed by atoms with van der Waals surface area (Å²) in [5.74, 6) is -0.828. The van der Waals surface area contributed by atoms with Crippen molar-refractivity contribution in [3.05, 3.63) is 64.4 Å². The predicted octanol–water partition coefficient (Wildman–Crippen LogP) is 6.02. The molecule has 6 rings (SSSR count). The number of carbonyl (C=O) groups is 2. The van der Waals surface area contributed by atoms with E-state index in [9.17, 15) is 19.8 Å². The van der Waals surface area contributed by atoms with Crippen LogP contribution in [0.5, 0.6) is 5.75 Å². The molecule has 5 aromatic rings. The van der Waals surface area contributed by atoms with Gasteiger partial charge in [0.1, 0.15) is 5.75 Å². The van der Waals surface area contributed by atoms with Gasteiger partial charge in [-0.05, 0) is 63.1 Å². The Hall–Kier alpha value is -4.18. The Morgan fingerprint density at radius 2 is 1.90 bits per heavy atom. The molecule has 3 aromatic heterocycles. The van der Waals surface area contributed by atoms with E-state index in [0.29, 0.717) is 33.6 Å². The summed E-state index contributed by atoms with van der Waals surface area (Å²) in [6, 6.07) is 9.06. The Morgan fingerprint density at radius 1 is 1.10 bits per heavy atom. The lowest BCUT2D eigenvalue weighted by molar-refractivity contribution is -0.139. The van der Waals surface area contributed by atoms with E-state index in [2.05, 4.69) is 19.9 Å². The van der Waals surface area contributed by atoms with Crippen molar-refractivity contribution in [3.8, 4) is 16.5 Å². The van der Waals surface area contributed by atoms with Crippen LogP contribution >= 0.6 is 11.3 Å². The Labute approximate surface area is 228 Å². The highest BCUT2D eigenvalue weighted by atomic mass is 32.1. The normalized spacial score (nSPS) is 15.1. The first-order valence-electron chi connectivity index (χ1n) is 13.1. The number of hydrogen-bond donors (Lipinski definition) is 4. The maximum atomic E-state index is 13.3. The molecule has 1 fully saturated rings. The molecule has 9 nitrogen and oxygen atoms in total. The largest absolute Gasteiger partial charge is 0.508 e. The van der Waals surface area contributed by atoms with Crippen molar-refractivity contribution in [2.75, 3.05) is 0 Å². The number of aliphatic carboxylic acids is 1. The minimum absolute atomic E-state index is 0.0139. The van der Waals surface area contributed by atoms with Crippen molar-refractivity contribution in [2.24, 2.45) is 0 Å². The highest BCUT2D eigenvalue weighted by Crippen LogP contribution is 2.39. The molecule has 1 saturated carbocycles. The van der Waals surface area contributed by atoms with Crippen LogP contribution in [-0.2, 0) is 4.79 Å². The van der Waals surface area contributed by atoms with Gasteiger partial charge in [-0.2, -0.15) is 0 Å². The van der Waals surface area contributed by atoms with E-state index in [1.54, 1.807) is 35.7 Å². The van der Waals surface area contributed by atoms with Crippen LogP contribution in [0.3, 0.4) is 0 Å². The van der Waals surface area contributed by atoms with Gasteiger partial charge in [-0.15, -0.1) is 11.3 Å². The molecule has 0 radical (unpaired) electrons. The fourth-order valence-corrected chi connectivity index (χ4v) is 6.61. The molecule has 1 atom stereocenters. The number of nitrogens with one attached hydrogen (secondary N) is 2. The van der Waals surface area contributed by atoms with Gasteiger partial charge in [-0.3, -0.25) is 4.79 Å². The van der Waals surface area contributed by atoms with Crippen molar-refractivity contribution in [2.45, 2.75) is 58.0 Å². The number of aromatic amines is 1. The van der Waals surface area contributed by atoms with E-state index in [1.807, 2.05) is 19.9 Å². The van der Waals surface area contributed by atoms with Crippen molar-refractivity contribution >= 4 is 45.1 Å². The summed E-state index contributed by atoms with van der Waals surface area (Å²) in [6.07, 6.45) is 7.29. The monoisotopic (exact) mass is 543 g/mol. The molecule has 1 aliphatic carbocycles. The molecule has 10 heteroatoms. The molecule has 4 N–H and O–H groups in total. The number of aromatic hydroxyl groups is 1. The van der Waals surface area contributed by atoms with E-state index in [1.165, 1.54) is 31.4 Å². The Balaban J connectivity index is 1.38. The predicted molar refractivity (Wildman–Crippen MR) is 150 cm³/mol. The number of rotatable bonds is 6. The standard InChI is InChI=1S/C29H29N5O4S/c1-15-26(39-16(2)31-15)27-32-23-12-17(8-11-24(23)34(27)18-6-4-3-5-7-18)28(36)33-25(29(37)38)21-14-30-22-10-9-19(35)13-20(21)22/h8-14,18,25,30,35H,3-7H2,1-2H3,(H,33,36)(H,37,38)/t25-/m0/s1. The summed E-state index contributed by atoms with van der Waals surface area (Å²) in [5, 5.41) is 24.1. The highest BCUT2D eigenvalue weighted by Gasteiger charge is 2.28. The number of phenols is 1. The lowest BCUT2D eigenvalue weighted by atomic mass is 9.95. The molecule has 3 heterocycles. The summed E-state index contributed by atoms with van der Waals surface area (Å²) < 4.78 is 2.31. The molecule has 200 valence electrons. The van der Waals surface area contributed by atoms with Crippen LogP contribution in [0.25, 0.3) is 32.6 Å². The van der Waals surface area contributed by atoms with Gasteiger partial charge in [0.15, 0.2) is 11.9 Å². The molecule has 1 aliphatic rings. The van der Waals surface area contributed by atoms with Crippen molar-refractivity contribution in [1.29, 1.82) is 0 Å². The molecular formula is C29H29N5O4S. The topological polar surface area (TPSA) is 133 Å². The van der Waals surface area contributed by atoms with Crippen molar-refractivity contribution in [3.63, 3.8) is 0 Å². The first-order chi connectivity index (χ1) is 18.8. The first-order valence-corrected chi connectivity index (χ1v) is 13.9. The number of carboxylic acid groups (broad SMARTS) is 1. The third-order valence-electron chi connectivity index (χ3n) is 7.53. The number of amides is 1. The van der Waals surface area contributed by atoms with Crippen LogP contribution in [0.1, 0.15) is 70.8 Å². The SMILES string of the molecule is Cc1nc(C)c(-c2nc3cc(C(=O)N[C@H](C(=O)O)c4c[nH]c5ccc(O)cc45)ccc3n2C2CCCCC2)s1. The lowest BCUT2D eigenvalue weighted by Crippen LogP contribution is -2.33. The molecule has 0 unspecified atom stereocenters. The molecule has 0 spiro atoms. The molecule has 0 aliphatic heterocycles. The fraction of sp³-hybridized carbons (Fsp3) is 0.310. The van der Waals surface area contributed by atoms with Gasteiger partial charge in [-0.1, -0.05) is 19.3 Å². The Morgan fingerprint density at radius 3 is 2.62 bits per heavy atom. The number of aromatic nitrogens is 4. The maximum Gasteiger partial charge on any atom is 0.331 e. The highest BCUT2D eigenvalue weighted by molar-refractivity contribution is 7.15. The average molecular weight is 544 g/mol. The van der Waals surface area contributed by atoms with E-state index >= 15 is 0 Å². The van der Waals surface area contributed by atoms with Crippen LogP contribution in [0, 0.1) is 13.8 Å². The second kappa shape index (κ2) is 9.85. The van der Waals surface area contributed by atoms with E-state index in [-0.39, 0.29) is 5.75 Å². The molecule has 2 aromatic carbocycles. The summed E-state index contributed by atoms with van der Waals surface area (Å²) in [6.45, 7) is 3.99. The van der Waals surface area contributed by atoms with Crippen LogP contribution in [0.2, 0.25) is 0 Å². The zero-order valence-electron chi connectivity index (χ0n) is 21.7. The molecule has 1 amide bonds. The zero-order chi connectivity index (χ0) is 27.3. The number of phenolic OH excluding ortho intramolecular Hbond substituents is 1. The van der Waals surface area contributed by atoms with Crippen molar-refractivity contribution in [1.82, 2.24) is 24.8 Å². The number of imidazole rings is 1. The van der Waals surface area contributed by atoms with Gasteiger partial charge >= 0.3 is 5.97 Å². The van der Waals surface area contributed by atoms with Gasteiger partial charge in [0.05, 0.1) is 26.6 Å². The smallest absolute Gasteiger partial charge is 0.331 e. The van der Waals surface area contributed by atoms with Gasteiger partial charge in [0.25, 0.3) is 5.91 Å². The number of carbonyl (C=O) groups excluding carboxylic acids is 1. The second-order valence-electron chi connectivity index (χ2n) is 10.2. The third kappa shape index (κ3) is 4.54. The second-order valence-corrected chi connectivity index (χ2v) is 11.4. The minimum atomic E-state index is -1.30. The number of nitrogens with zero attached hydrogens (tertiary/aromatic N) is 3. The summed E-state index contributed by atoms with van der Waals surface area (Å²) in [5.41, 5.74) is 3.95. The maximum absolute atomic E-state index is 13.3. The molecule has 0 bridgehead atoms. The van der Waals surface area contributed by atoms with Gasteiger partial charge in [0, 0.05) is 34.3 Å². The van der Waals surface area contributed by atoms with Gasteiger partial charge in [-0.25, -0.2) is 14.8 Å². The number of H-pyrrole nitrogens is 1. The molecule has 39 heavy (non-hydrogen) atoms. The van der Waals surface area contributed by atoms with Gasteiger partial charge in [0.2, 0.25) is 0 Å². The summed E-state index contributed by atoms with van der Waals surface area (Å²) >= 11 is 1.62. The number of benzene rings is 2. The quantitative estimate of drug-likeness (QED) is 0.207. The summed E-state index contributed by atoms with van der Waals surface area (Å²) in [7, 11) is 0. The van der Waals surface area contributed by atoms with Crippen LogP contribution in [0.4, 0.5) is 0 Å². The van der Waals surface area contributed by atoms with Gasteiger partial charge < -0.3 is 25.1 Å². The lowest BCUT2D eigenvalue weighted by Gasteiger charge is -2.25. The minimum Gasteiger partial charge on any atom is -0.508 e. The number of aryl methyl sites for hydroxylation is 2. The van der Waals surface area contributed by atoms with E-state index in [4.69, 9.17) is 4.98 Å². The molecule has 0 saturated heterocycles. The number of hydrogen-bond acceptors (Lipinski definition) is 6. The van der Waals surface area contributed by atoms with Crippen molar-refractivity contribution < 1.29 is 19.8 Å². The number of carboxylic acids is 1. The number of fused-ring (bicyclic) bond motifs is 2. The summed E-state index contributed by atoms with van der Waals surface area (Å²) in [4.78, 5) is 39.2. The average Bonchev–Trinajstić information content (AvgIpc) is 3.60. The first kappa shape index (κ1) is 25.1. The Bertz CT molecular complexity index is 1730. The zero-order valence-corrected chi connectivity index (χ0v) is 22.5. The fourth-order valence-electron chi connectivity index (χ4n) is 5.70. The Kier molecular flexibility index (Phi) is 6.34. The van der Waals surface area contributed by atoms with E-state index < -0.39 is 17.9 Å². The van der Waals surface area contributed by atoms with E-state index in [0.717, 1.165) is 39.8 Å². The number of thiazole rings is 1. The van der Waals surface area contributed by atoms with Crippen LogP contribution < -0.4 is 5.32 Å².